The molecule has 0 unspecified atom stereocenters. The number of nitrogens with zero attached hydrogens (tertiary/aromatic N) is 1. The van der Waals surface area contributed by atoms with E-state index in [0.29, 0.717) is 16.7 Å². The van der Waals surface area contributed by atoms with Gasteiger partial charge in [-0.05, 0) is 17.2 Å². The number of rotatable bonds is 3. The van der Waals surface area contributed by atoms with Crippen LogP contribution in [-0.4, -0.2) is 11.2 Å². The smallest absolute Gasteiger partial charge is 0.292 e. The van der Waals surface area contributed by atoms with E-state index in [1.54, 1.807) is 30.3 Å². The predicted molar refractivity (Wildman–Crippen MR) is 68.3 cm³/mol. The van der Waals surface area contributed by atoms with Gasteiger partial charge in [0, 0.05) is 11.6 Å². The molecule has 2 N–H and O–H groups in total. The SMILES string of the molecule is Nc1ccc(-c2ccccc2C=O)cc1[N+](=O)[O-]. The number of carbonyl (C=O) groups is 1. The normalized spacial score (nSPS) is 10.0. The van der Waals surface area contributed by atoms with Crippen molar-refractivity contribution in [3.63, 3.8) is 0 Å². The van der Waals surface area contributed by atoms with Crippen LogP contribution in [-0.2, 0) is 0 Å². The molecule has 0 bridgehead atoms. The number of aldehydes is 1. The lowest BCUT2D eigenvalue weighted by Crippen LogP contribution is -1.96. The fourth-order valence-corrected chi connectivity index (χ4v) is 1.73. The molecule has 0 amide bonds. The highest BCUT2D eigenvalue weighted by molar-refractivity contribution is 5.88. The molecule has 0 radical (unpaired) electrons. The zero-order valence-corrected chi connectivity index (χ0v) is 9.37. The first-order valence-corrected chi connectivity index (χ1v) is 5.22. The molecule has 90 valence electrons. The zero-order chi connectivity index (χ0) is 13.1. The average Bonchev–Trinajstić information content (AvgIpc) is 2.39. The Bertz CT molecular complexity index is 623. The van der Waals surface area contributed by atoms with Gasteiger partial charge >= 0.3 is 0 Å². The second kappa shape index (κ2) is 4.67. The van der Waals surface area contributed by atoms with Crippen molar-refractivity contribution in [1.82, 2.24) is 0 Å². The zero-order valence-electron chi connectivity index (χ0n) is 9.37. The Balaban J connectivity index is 2.61. The van der Waals surface area contributed by atoms with Crippen LogP contribution < -0.4 is 5.73 Å². The van der Waals surface area contributed by atoms with Crippen molar-refractivity contribution in [2.45, 2.75) is 0 Å². The van der Waals surface area contributed by atoms with E-state index in [0.717, 1.165) is 6.29 Å². The number of nitrogen functional groups attached to an aromatic ring is 1. The molecule has 2 aromatic carbocycles. The predicted octanol–water partition coefficient (Wildman–Crippen LogP) is 2.66. The number of anilines is 1. The van der Waals surface area contributed by atoms with E-state index in [1.165, 1.54) is 12.1 Å². The Morgan fingerprint density at radius 2 is 1.89 bits per heavy atom. The number of nitrogens with two attached hydrogens (primary N) is 1. The van der Waals surface area contributed by atoms with Gasteiger partial charge in [0.15, 0.2) is 6.29 Å². The van der Waals surface area contributed by atoms with Gasteiger partial charge in [0.25, 0.3) is 5.69 Å². The number of nitro benzene ring substituents is 1. The monoisotopic (exact) mass is 242 g/mol. The summed E-state index contributed by atoms with van der Waals surface area (Å²) in [4.78, 5) is 21.2. The van der Waals surface area contributed by atoms with E-state index < -0.39 is 4.92 Å². The van der Waals surface area contributed by atoms with Gasteiger partial charge in [0.1, 0.15) is 5.69 Å². The summed E-state index contributed by atoms with van der Waals surface area (Å²) in [6, 6.07) is 11.4. The maximum Gasteiger partial charge on any atom is 0.292 e. The number of carbonyl (C=O) groups excluding carboxylic acids is 1. The molecule has 18 heavy (non-hydrogen) atoms. The summed E-state index contributed by atoms with van der Waals surface area (Å²) in [5.74, 6) is 0. The lowest BCUT2D eigenvalue weighted by molar-refractivity contribution is -0.383. The molecule has 5 nitrogen and oxygen atoms in total. The Morgan fingerprint density at radius 1 is 1.17 bits per heavy atom. The molecule has 0 heterocycles. The third-order valence-corrected chi connectivity index (χ3v) is 2.63. The first-order chi connectivity index (χ1) is 8.63. The summed E-state index contributed by atoms with van der Waals surface area (Å²) >= 11 is 0. The minimum absolute atomic E-state index is 0.104. The molecule has 2 aromatic rings. The highest BCUT2D eigenvalue weighted by Gasteiger charge is 2.13. The topological polar surface area (TPSA) is 86.2 Å². The van der Waals surface area contributed by atoms with Gasteiger partial charge in [-0.25, -0.2) is 0 Å². The fourth-order valence-electron chi connectivity index (χ4n) is 1.73. The lowest BCUT2D eigenvalue weighted by Gasteiger charge is -2.05. The summed E-state index contributed by atoms with van der Waals surface area (Å²) in [5.41, 5.74) is 7.20. The molecule has 0 saturated carbocycles. The second-order valence-corrected chi connectivity index (χ2v) is 3.74. The maximum atomic E-state index is 10.9. The van der Waals surface area contributed by atoms with Crippen LogP contribution in [0, 0.1) is 10.1 Å². The van der Waals surface area contributed by atoms with Crippen molar-refractivity contribution in [1.29, 1.82) is 0 Å². The molecule has 0 aliphatic rings. The Kier molecular flexibility index (Phi) is 3.05. The fraction of sp³-hybridized carbons (Fsp3) is 0. The lowest BCUT2D eigenvalue weighted by atomic mass is 9.99. The molecule has 0 aliphatic heterocycles. The van der Waals surface area contributed by atoms with E-state index in [-0.39, 0.29) is 11.4 Å². The second-order valence-electron chi connectivity index (χ2n) is 3.74. The molecule has 0 fully saturated rings. The van der Waals surface area contributed by atoms with Gasteiger partial charge in [-0.3, -0.25) is 14.9 Å². The highest BCUT2D eigenvalue weighted by Crippen LogP contribution is 2.30. The van der Waals surface area contributed by atoms with E-state index in [2.05, 4.69) is 0 Å². The van der Waals surface area contributed by atoms with Crippen molar-refractivity contribution < 1.29 is 9.72 Å². The summed E-state index contributed by atoms with van der Waals surface area (Å²) in [6.07, 6.45) is 0.720. The first kappa shape index (κ1) is 11.8. The number of nitro groups is 1. The van der Waals surface area contributed by atoms with E-state index in [1.807, 2.05) is 0 Å². The van der Waals surface area contributed by atoms with Crippen LogP contribution in [0.2, 0.25) is 0 Å². The molecule has 5 heteroatoms. The van der Waals surface area contributed by atoms with Gasteiger partial charge in [-0.1, -0.05) is 30.3 Å². The van der Waals surface area contributed by atoms with Crippen molar-refractivity contribution in [3.8, 4) is 11.1 Å². The van der Waals surface area contributed by atoms with Crippen molar-refractivity contribution >= 4 is 17.7 Å². The third-order valence-electron chi connectivity index (χ3n) is 2.63. The largest absolute Gasteiger partial charge is 0.393 e. The third kappa shape index (κ3) is 2.06. The van der Waals surface area contributed by atoms with Crippen LogP contribution in [0.1, 0.15) is 10.4 Å². The Morgan fingerprint density at radius 3 is 2.56 bits per heavy atom. The van der Waals surface area contributed by atoms with E-state index in [9.17, 15) is 14.9 Å². The van der Waals surface area contributed by atoms with E-state index in [4.69, 9.17) is 5.73 Å². The molecule has 0 saturated heterocycles. The average molecular weight is 242 g/mol. The van der Waals surface area contributed by atoms with Crippen LogP contribution in [0.15, 0.2) is 42.5 Å². The summed E-state index contributed by atoms with van der Waals surface area (Å²) in [6.45, 7) is 0. The first-order valence-electron chi connectivity index (χ1n) is 5.22. The summed E-state index contributed by atoms with van der Waals surface area (Å²) < 4.78 is 0. The number of hydrogen-bond donors (Lipinski definition) is 1. The van der Waals surface area contributed by atoms with Crippen molar-refractivity contribution in [2.75, 3.05) is 5.73 Å². The van der Waals surface area contributed by atoms with Gasteiger partial charge in [-0.15, -0.1) is 0 Å². The van der Waals surface area contributed by atoms with Gasteiger partial charge in [-0.2, -0.15) is 0 Å². The Hall–Kier alpha value is -2.69. The minimum Gasteiger partial charge on any atom is -0.393 e. The molecule has 0 aromatic heterocycles. The van der Waals surface area contributed by atoms with Crippen LogP contribution in [0.5, 0.6) is 0 Å². The Labute approximate surface area is 103 Å². The maximum absolute atomic E-state index is 10.9. The molecular formula is C13H10N2O3. The van der Waals surface area contributed by atoms with Crippen LogP contribution >= 0.6 is 0 Å². The number of hydrogen-bond acceptors (Lipinski definition) is 4. The molecule has 0 spiro atoms. The minimum atomic E-state index is -0.539. The van der Waals surface area contributed by atoms with Crippen molar-refractivity contribution in [3.05, 3.63) is 58.1 Å². The van der Waals surface area contributed by atoms with Crippen LogP contribution in [0.25, 0.3) is 11.1 Å². The summed E-state index contributed by atoms with van der Waals surface area (Å²) in [7, 11) is 0. The molecule has 2 rings (SSSR count). The van der Waals surface area contributed by atoms with Crippen LogP contribution in [0.3, 0.4) is 0 Å². The number of benzene rings is 2. The molecule has 0 aliphatic carbocycles. The summed E-state index contributed by atoms with van der Waals surface area (Å²) in [5, 5.41) is 10.8. The van der Waals surface area contributed by atoms with Gasteiger partial charge in [0.05, 0.1) is 4.92 Å². The van der Waals surface area contributed by atoms with Gasteiger partial charge in [0.2, 0.25) is 0 Å². The van der Waals surface area contributed by atoms with Crippen molar-refractivity contribution in [2.24, 2.45) is 0 Å². The van der Waals surface area contributed by atoms with E-state index >= 15 is 0 Å². The molecule has 0 atom stereocenters. The highest BCUT2D eigenvalue weighted by atomic mass is 16.6. The van der Waals surface area contributed by atoms with Crippen LogP contribution in [0.4, 0.5) is 11.4 Å². The standard InChI is InChI=1S/C13H10N2O3/c14-12-6-5-9(7-13(12)15(17)18)11-4-2-1-3-10(11)8-16/h1-8H,14H2. The molecular weight excluding hydrogens is 232 g/mol. The van der Waals surface area contributed by atoms with Gasteiger partial charge < -0.3 is 5.73 Å². The quantitative estimate of drug-likeness (QED) is 0.388.